The third kappa shape index (κ3) is 3.92. The van der Waals surface area contributed by atoms with Crippen LogP contribution in [0.5, 0.6) is 0 Å². The van der Waals surface area contributed by atoms with E-state index >= 15 is 0 Å². The van der Waals surface area contributed by atoms with E-state index in [9.17, 15) is 18.0 Å². The Morgan fingerprint density at radius 1 is 1.04 bits per heavy atom. The zero-order valence-electron chi connectivity index (χ0n) is 12.9. The summed E-state index contributed by atoms with van der Waals surface area (Å²) in [6.45, 7) is 0. The number of hydrogen-bond donors (Lipinski definition) is 2. The Kier molecular flexibility index (Phi) is 5.04. The zero-order valence-corrected chi connectivity index (χ0v) is 13.7. The van der Waals surface area contributed by atoms with E-state index in [-0.39, 0.29) is 17.3 Å². The fraction of sp³-hybridized carbons (Fsp3) is 0. The van der Waals surface area contributed by atoms with Gasteiger partial charge in [0.1, 0.15) is 5.69 Å². The highest BCUT2D eigenvalue weighted by molar-refractivity contribution is 6.30. The first-order valence-corrected chi connectivity index (χ1v) is 7.62. The molecule has 0 aliphatic heterocycles. The van der Waals surface area contributed by atoms with Crippen LogP contribution in [0.3, 0.4) is 0 Å². The van der Waals surface area contributed by atoms with Crippen molar-refractivity contribution in [3.63, 3.8) is 0 Å². The van der Waals surface area contributed by atoms with Crippen molar-refractivity contribution in [3.05, 3.63) is 76.8 Å². The Bertz CT molecular complexity index is 984. The Morgan fingerprint density at radius 3 is 2.62 bits per heavy atom. The van der Waals surface area contributed by atoms with Gasteiger partial charge in [-0.3, -0.25) is 4.79 Å². The summed E-state index contributed by atoms with van der Waals surface area (Å²) in [5, 5.41) is 5.44. The van der Waals surface area contributed by atoms with Gasteiger partial charge in [0.15, 0.2) is 17.5 Å². The van der Waals surface area contributed by atoms with Crippen molar-refractivity contribution in [3.8, 4) is 0 Å². The number of halogens is 4. The number of rotatable bonds is 4. The SMILES string of the molecule is O=C(Nc1cccc(Cl)c1)c1ccnc(Nc2ccc(F)c(F)c2F)n1. The quantitative estimate of drug-likeness (QED) is 0.654. The molecule has 1 heterocycles. The molecule has 0 aliphatic carbocycles. The van der Waals surface area contributed by atoms with E-state index in [2.05, 4.69) is 20.6 Å². The van der Waals surface area contributed by atoms with E-state index in [0.717, 1.165) is 12.1 Å². The number of nitrogens with zero attached hydrogens (tertiary/aromatic N) is 2. The number of carbonyl (C=O) groups is 1. The van der Waals surface area contributed by atoms with Gasteiger partial charge < -0.3 is 10.6 Å². The van der Waals surface area contributed by atoms with Crippen LogP contribution < -0.4 is 10.6 Å². The average Bonchev–Trinajstić information content (AvgIpc) is 2.62. The molecule has 3 rings (SSSR count). The summed E-state index contributed by atoms with van der Waals surface area (Å²) < 4.78 is 39.9. The molecule has 3 aromatic rings. The standard InChI is InChI=1S/C17H10ClF3N4O/c18-9-2-1-3-10(8-9)23-16(26)13-6-7-22-17(25-13)24-12-5-4-11(19)14(20)15(12)21/h1-8H,(H,23,26)(H,22,24,25). The van der Waals surface area contributed by atoms with Gasteiger partial charge >= 0.3 is 0 Å². The van der Waals surface area contributed by atoms with Gasteiger partial charge in [-0.1, -0.05) is 17.7 Å². The normalized spacial score (nSPS) is 10.5. The Balaban J connectivity index is 1.80. The van der Waals surface area contributed by atoms with E-state index in [1.807, 2.05) is 0 Å². The second-order valence-electron chi connectivity index (χ2n) is 5.08. The lowest BCUT2D eigenvalue weighted by Gasteiger charge is -2.09. The Labute approximate surface area is 150 Å². The molecule has 9 heteroatoms. The van der Waals surface area contributed by atoms with Gasteiger partial charge in [0.2, 0.25) is 5.95 Å². The van der Waals surface area contributed by atoms with Gasteiger partial charge in [0.05, 0.1) is 5.69 Å². The van der Waals surface area contributed by atoms with Crippen molar-refractivity contribution in [1.82, 2.24) is 9.97 Å². The van der Waals surface area contributed by atoms with Gasteiger partial charge in [0, 0.05) is 16.9 Å². The summed E-state index contributed by atoms with van der Waals surface area (Å²) in [5.41, 5.74) is 0.0732. The van der Waals surface area contributed by atoms with E-state index in [1.54, 1.807) is 24.3 Å². The van der Waals surface area contributed by atoms with Crippen LogP contribution in [-0.4, -0.2) is 15.9 Å². The van der Waals surface area contributed by atoms with Crippen molar-refractivity contribution in [2.45, 2.75) is 0 Å². The third-order valence-electron chi connectivity index (χ3n) is 3.25. The smallest absolute Gasteiger partial charge is 0.274 e. The Morgan fingerprint density at radius 2 is 1.85 bits per heavy atom. The van der Waals surface area contributed by atoms with Crippen molar-refractivity contribution < 1.29 is 18.0 Å². The highest BCUT2D eigenvalue weighted by Gasteiger charge is 2.15. The predicted octanol–water partition coefficient (Wildman–Crippen LogP) is 4.54. The first-order chi connectivity index (χ1) is 12.4. The number of benzene rings is 2. The molecule has 0 unspecified atom stereocenters. The molecule has 0 saturated carbocycles. The highest BCUT2D eigenvalue weighted by Crippen LogP contribution is 2.22. The molecule has 0 aliphatic rings. The summed E-state index contributed by atoms with van der Waals surface area (Å²) in [5.74, 6) is -5.06. The molecule has 132 valence electrons. The van der Waals surface area contributed by atoms with Crippen molar-refractivity contribution >= 4 is 34.8 Å². The van der Waals surface area contributed by atoms with E-state index in [0.29, 0.717) is 10.7 Å². The minimum atomic E-state index is -1.62. The lowest BCUT2D eigenvalue weighted by Crippen LogP contribution is -2.15. The minimum Gasteiger partial charge on any atom is -0.322 e. The molecular weight excluding hydrogens is 369 g/mol. The maximum absolute atomic E-state index is 13.7. The molecule has 2 N–H and O–H groups in total. The molecule has 0 spiro atoms. The van der Waals surface area contributed by atoms with E-state index in [4.69, 9.17) is 11.6 Å². The van der Waals surface area contributed by atoms with Crippen molar-refractivity contribution in [1.29, 1.82) is 0 Å². The minimum absolute atomic E-state index is 0.0227. The molecule has 0 radical (unpaired) electrons. The Hall–Kier alpha value is -3.13. The maximum Gasteiger partial charge on any atom is 0.274 e. The first kappa shape index (κ1) is 17.7. The van der Waals surface area contributed by atoms with Crippen molar-refractivity contribution in [2.24, 2.45) is 0 Å². The molecule has 1 aromatic heterocycles. The van der Waals surface area contributed by atoms with E-state index in [1.165, 1.54) is 12.3 Å². The lowest BCUT2D eigenvalue weighted by atomic mass is 10.3. The largest absolute Gasteiger partial charge is 0.322 e. The topological polar surface area (TPSA) is 66.9 Å². The van der Waals surface area contributed by atoms with Crippen LogP contribution in [0.2, 0.25) is 5.02 Å². The lowest BCUT2D eigenvalue weighted by molar-refractivity contribution is 0.102. The van der Waals surface area contributed by atoms with Gasteiger partial charge in [-0.05, 0) is 36.4 Å². The fourth-order valence-electron chi connectivity index (χ4n) is 2.05. The van der Waals surface area contributed by atoms with Crippen LogP contribution in [0.25, 0.3) is 0 Å². The summed E-state index contributed by atoms with van der Waals surface area (Å²) in [7, 11) is 0. The number of hydrogen-bond acceptors (Lipinski definition) is 4. The second kappa shape index (κ2) is 7.40. The second-order valence-corrected chi connectivity index (χ2v) is 5.51. The van der Waals surface area contributed by atoms with Crippen LogP contribution in [0.15, 0.2) is 48.7 Å². The predicted molar refractivity (Wildman–Crippen MR) is 91.0 cm³/mol. The van der Waals surface area contributed by atoms with Crippen molar-refractivity contribution in [2.75, 3.05) is 10.6 Å². The number of carbonyl (C=O) groups excluding carboxylic acids is 1. The fourth-order valence-corrected chi connectivity index (χ4v) is 2.24. The number of aromatic nitrogens is 2. The van der Waals surface area contributed by atoms with Gasteiger partial charge in [-0.15, -0.1) is 0 Å². The number of amides is 1. The van der Waals surface area contributed by atoms with Crippen LogP contribution in [0, 0.1) is 17.5 Å². The molecule has 0 saturated heterocycles. The zero-order chi connectivity index (χ0) is 18.7. The van der Waals surface area contributed by atoms with E-state index < -0.39 is 23.4 Å². The maximum atomic E-state index is 13.7. The monoisotopic (exact) mass is 378 g/mol. The highest BCUT2D eigenvalue weighted by atomic mass is 35.5. The number of anilines is 3. The first-order valence-electron chi connectivity index (χ1n) is 7.24. The summed E-state index contributed by atoms with van der Waals surface area (Å²) in [6.07, 6.45) is 1.26. The average molecular weight is 379 g/mol. The molecule has 0 atom stereocenters. The third-order valence-corrected chi connectivity index (χ3v) is 3.49. The van der Waals surface area contributed by atoms with Crippen LogP contribution in [0.4, 0.5) is 30.5 Å². The number of nitrogens with one attached hydrogen (secondary N) is 2. The molecular formula is C17H10ClF3N4O. The molecule has 1 amide bonds. The van der Waals surface area contributed by atoms with Gasteiger partial charge in [0.25, 0.3) is 5.91 Å². The van der Waals surface area contributed by atoms with Gasteiger partial charge in [-0.2, -0.15) is 0 Å². The summed E-state index contributed by atoms with van der Waals surface area (Å²) >= 11 is 5.85. The van der Waals surface area contributed by atoms with Crippen LogP contribution in [-0.2, 0) is 0 Å². The summed E-state index contributed by atoms with van der Waals surface area (Å²) in [4.78, 5) is 20.0. The molecule has 5 nitrogen and oxygen atoms in total. The summed E-state index contributed by atoms with van der Waals surface area (Å²) in [6, 6.07) is 9.60. The molecule has 2 aromatic carbocycles. The van der Waals surface area contributed by atoms with Crippen LogP contribution in [0.1, 0.15) is 10.5 Å². The molecule has 0 bridgehead atoms. The molecule has 0 fully saturated rings. The van der Waals surface area contributed by atoms with Crippen LogP contribution >= 0.6 is 11.6 Å². The molecule has 26 heavy (non-hydrogen) atoms. The van der Waals surface area contributed by atoms with Gasteiger partial charge in [-0.25, -0.2) is 23.1 Å².